The summed E-state index contributed by atoms with van der Waals surface area (Å²) < 4.78 is 0. The number of nitrogens with zero attached hydrogens (tertiary/aromatic N) is 3. The highest BCUT2D eigenvalue weighted by Crippen LogP contribution is 2.10. The van der Waals surface area contributed by atoms with Gasteiger partial charge in [-0.3, -0.25) is 14.6 Å². The highest BCUT2D eigenvalue weighted by atomic mass is 35.5. The first kappa shape index (κ1) is 14.4. The van der Waals surface area contributed by atoms with Crippen molar-refractivity contribution in [2.24, 2.45) is 0 Å². The maximum atomic E-state index is 12.1. The van der Waals surface area contributed by atoms with E-state index in [1.165, 1.54) is 17.3 Å². The molecule has 18 heavy (non-hydrogen) atoms. The summed E-state index contributed by atoms with van der Waals surface area (Å²) in [4.78, 5) is 31.7. The second kappa shape index (κ2) is 6.30. The van der Waals surface area contributed by atoms with Gasteiger partial charge in [0.1, 0.15) is 17.4 Å². The van der Waals surface area contributed by atoms with E-state index in [9.17, 15) is 9.59 Å². The van der Waals surface area contributed by atoms with E-state index in [4.69, 9.17) is 16.7 Å². The van der Waals surface area contributed by atoms with E-state index >= 15 is 0 Å². The van der Waals surface area contributed by atoms with Crippen molar-refractivity contribution in [2.75, 3.05) is 6.54 Å². The number of amides is 1. The Hall–Kier alpha value is -1.69. The number of hydrogen-bond donors (Lipinski definition) is 1. The molecule has 0 spiro atoms. The molecule has 0 aliphatic carbocycles. The van der Waals surface area contributed by atoms with Crippen molar-refractivity contribution in [3.63, 3.8) is 0 Å². The molecule has 0 saturated heterocycles. The topological polar surface area (TPSA) is 83.4 Å². The van der Waals surface area contributed by atoms with Gasteiger partial charge in [-0.1, -0.05) is 18.5 Å². The van der Waals surface area contributed by atoms with Gasteiger partial charge in [-0.15, -0.1) is 0 Å². The Bertz CT molecular complexity index is 453. The van der Waals surface area contributed by atoms with E-state index in [1.54, 1.807) is 6.92 Å². The minimum atomic E-state index is -1.07. The van der Waals surface area contributed by atoms with Crippen molar-refractivity contribution in [1.29, 1.82) is 0 Å². The van der Waals surface area contributed by atoms with Crippen LogP contribution in [0.4, 0.5) is 0 Å². The first-order valence-electron chi connectivity index (χ1n) is 5.46. The summed E-state index contributed by atoms with van der Waals surface area (Å²) in [5, 5.41) is 8.92. The molecule has 0 radical (unpaired) electrons. The van der Waals surface area contributed by atoms with Crippen LogP contribution in [0.25, 0.3) is 0 Å². The van der Waals surface area contributed by atoms with Gasteiger partial charge in [0.2, 0.25) is 0 Å². The smallest absolute Gasteiger partial charge is 0.323 e. The summed E-state index contributed by atoms with van der Waals surface area (Å²) in [6.07, 6.45) is 3.22. The molecule has 0 bridgehead atoms. The zero-order chi connectivity index (χ0) is 13.7. The molecule has 0 fully saturated rings. The molecule has 98 valence electrons. The Morgan fingerprint density at radius 3 is 2.67 bits per heavy atom. The largest absolute Gasteiger partial charge is 0.480 e. The number of hydrogen-bond acceptors (Lipinski definition) is 4. The van der Waals surface area contributed by atoms with Gasteiger partial charge < -0.3 is 10.0 Å². The average Bonchev–Trinajstić information content (AvgIpc) is 2.34. The molecule has 7 heteroatoms. The van der Waals surface area contributed by atoms with Crippen molar-refractivity contribution in [1.82, 2.24) is 14.9 Å². The third-order valence-electron chi connectivity index (χ3n) is 2.51. The van der Waals surface area contributed by atoms with Crippen LogP contribution in [0.15, 0.2) is 12.4 Å². The van der Waals surface area contributed by atoms with Crippen molar-refractivity contribution in [3.8, 4) is 0 Å². The van der Waals surface area contributed by atoms with Gasteiger partial charge in [-0.05, 0) is 13.3 Å². The van der Waals surface area contributed by atoms with Gasteiger partial charge in [0.15, 0.2) is 0 Å². The van der Waals surface area contributed by atoms with Gasteiger partial charge in [0.05, 0.1) is 12.4 Å². The van der Waals surface area contributed by atoms with E-state index < -0.39 is 11.9 Å². The fourth-order valence-corrected chi connectivity index (χ4v) is 1.53. The molecule has 1 rings (SSSR count). The van der Waals surface area contributed by atoms with Gasteiger partial charge in [0, 0.05) is 6.04 Å². The molecular formula is C11H14ClN3O3. The standard InChI is InChI=1S/C11H14ClN3O3/c1-3-7(2)15(6-10(16)17)11(18)8-4-13-5-9(12)14-8/h4-5,7H,3,6H2,1-2H3,(H,16,17). The minimum Gasteiger partial charge on any atom is -0.480 e. The van der Waals surface area contributed by atoms with Crippen LogP contribution in [-0.4, -0.2) is 44.4 Å². The molecular weight excluding hydrogens is 258 g/mol. The molecule has 0 aromatic carbocycles. The molecule has 1 N–H and O–H groups in total. The highest BCUT2D eigenvalue weighted by Gasteiger charge is 2.24. The molecule has 1 amide bonds. The summed E-state index contributed by atoms with van der Waals surface area (Å²) in [6.45, 7) is 3.28. The molecule has 1 atom stereocenters. The lowest BCUT2D eigenvalue weighted by Gasteiger charge is -2.26. The molecule has 0 aliphatic rings. The third-order valence-corrected chi connectivity index (χ3v) is 2.70. The van der Waals surface area contributed by atoms with Crippen molar-refractivity contribution in [3.05, 3.63) is 23.2 Å². The number of carboxylic acids is 1. The van der Waals surface area contributed by atoms with Crippen LogP contribution in [0, 0.1) is 0 Å². The predicted octanol–water partition coefficient (Wildman–Crippen LogP) is 1.46. The van der Waals surface area contributed by atoms with Gasteiger partial charge in [-0.25, -0.2) is 4.98 Å². The predicted molar refractivity (Wildman–Crippen MR) is 65.5 cm³/mol. The summed E-state index contributed by atoms with van der Waals surface area (Å²) in [7, 11) is 0. The van der Waals surface area contributed by atoms with E-state index in [2.05, 4.69) is 9.97 Å². The monoisotopic (exact) mass is 271 g/mol. The lowest BCUT2D eigenvalue weighted by Crippen LogP contribution is -2.42. The average molecular weight is 272 g/mol. The fraction of sp³-hybridized carbons (Fsp3) is 0.455. The van der Waals surface area contributed by atoms with E-state index in [1.807, 2.05) is 6.92 Å². The van der Waals surface area contributed by atoms with E-state index in [0.29, 0.717) is 6.42 Å². The van der Waals surface area contributed by atoms with Crippen LogP contribution >= 0.6 is 11.6 Å². The number of aromatic nitrogens is 2. The Morgan fingerprint density at radius 1 is 1.50 bits per heavy atom. The summed E-state index contributed by atoms with van der Waals surface area (Å²) >= 11 is 5.65. The number of aliphatic carboxylic acids is 1. The van der Waals surface area contributed by atoms with Gasteiger partial charge in [-0.2, -0.15) is 0 Å². The quantitative estimate of drug-likeness (QED) is 0.876. The minimum absolute atomic E-state index is 0.0454. The van der Waals surface area contributed by atoms with Crippen LogP contribution in [0.1, 0.15) is 30.8 Å². The lowest BCUT2D eigenvalue weighted by atomic mass is 10.2. The Kier molecular flexibility index (Phi) is 5.03. The second-order valence-electron chi connectivity index (χ2n) is 3.81. The number of carbonyl (C=O) groups excluding carboxylic acids is 1. The fourth-order valence-electron chi connectivity index (χ4n) is 1.39. The lowest BCUT2D eigenvalue weighted by molar-refractivity contribution is -0.138. The van der Waals surface area contributed by atoms with E-state index in [0.717, 1.165) is 0 Å². The van der Waals surface area contributed by atoms with Crippen molar-refractivity contribution >= 4 is 23.5 Å². The van der Waals surface area contributed by atoms with Crippen LogP contribution in [0.3, 0.4) is 0 Å². The van der Waals surface area contributed by atoms with Crippen LogP contribution < -0.4 is 0 Å². The second-order valence-corrected chi connectivity index (χ2v) is 4.20. The summed E-state index contributed by atoms with van der Waals surface area (Å²) in [5.74, 6) is -1.56. The van der Waals surface area contributed by atoms with E-state index in [-0.39, 0.29) is 23.4 Å². The summed E-state index contributed by atoms with van der Waals surface area (Å²) in [5.41, 5.74) is 0.0454. The first-order chi connectivity index (χ1) is 8.45. The Labute approximate surface area is 110 Å². The molecule has 1 aromatic heterocycles. The maximum Gasteiger partial charge on any atom is 0.323 e. The van der Waals surface area contributed by atoms with Crippen molar-refractivity contribution < 1.29 is 14.7 Å². The third kappa shape index (κ3) is 3.66. The molecule has 0 saturated carbocycles. The van der Waals surface area contributed by atoms with Gasteiger partial charge >= 0.3 is 5.97 Å². The highest BCUT2D eigenvalue weighted by molar-refractivity contribution is 6.29. The SMILES string of the molecule is CCC(C)N(CC(=O)O)C(=O)c1cncc(Cl)n1. The molecule has 6 nitrogen and oxygen atoms in total. The molecule has 1 heterocycles. The number of carboxylic acid groups (broad SMARTS) is 1. The molecule has 0 aliphatic heterocycles. The maximum absolute atomic E-state index is 12.1. The normalized spacial score (nSPS) is 11.9. The first-order valence-corrected chi connectivity index (χ1v) is 5.83. The summed E-state index contributed by atoms with van der Waals surface area (Å²) in [6, 6.07) is -0.200. The van der Waals surface area contributed by atoms with Gasteiger partial charge in [0.25, 0.3) is 5.91 Å². The van der Waals surface area contributed by atoms with Crippen LogP contribution in [0.5, 0.6) is 0 Å². The van der Waals surface area contributed by atoms with Crippen LogP contribution in [-0.2, 0) is 4.79 Å². The van der Waals surface area contributed by atoms with Crippen LogP contribution in [0.2, 0.25) is 5.15 Å². The number of halogens is 1. The Balaban J connectivity index is 2.98. The molecule has 1 unspecified atom stereocenters. The number of carbonyl (C=O) groups is 2. The van der Waals surface area contributed by atoms with Crippen molar-refractivity contribution in [2.45, 2.75) is 26.3 Å². The zero-order valence-corrected chi connectivity index (χ0v) is 10.9. The number of rotatable bonds is 5. The Morgan fingerprint density at radius 2 is 2.17 bits per heavy atom. The molecule has 1 aromatic rings. The zero-order valence-electron chi connectivity index (χ0n) is 10.1.